The smallest absolute Gasteiger partial charge is 0.414 e. The van der Waals surface area contributed by atoms with E-state index in [9.17, 15) is 9.59 Å². The summed E-state index contributed by atoms with van der Waals surface area (Å²) in [4.78, 5) is 27.4. The Morgan fingerprint density at radius 1 is 1.44 bits per heavy atom. The van der Waals surface area contributed by atoms with E-state index in [-0.39, 0.29) is 31.3 Å². The Balaban J connectivity index is 1.88. The van der Waals surface area contributed by atoms with Crippen LogP contribution in [0.25, 0.3) is 6.08 Å². The summed E-state index contributed by atoms with van der Waals surface area (Å²) >= 11 is 0. The average Bonchev–Trinajstić information content (AvgIpc) is 2.96. The molecular formula is C18H22N2O5. The Hall–Kier alpha value is -2.54. The Labute approximate surface area is 146 Å². The molecule has 1 aromatic carbocycles. The quantitative estimate of drug-likeness (QED) is 0.734. The summed E-state index contributed by atoms with van der Waals surface area (Å²) in [5, 5.41) is 0. The molecule has 0 radical (unpaired) electrons. The molecule has 0 bridgehead atoms. The Morgan fingerprint density at radius 3 is 2.96 bits per heavy atom. The molecule has 2 aliphatic heterocycles. The van der Waals surface area contributed by atoms with Crippen LogP contribution in [0.15, 0.2) is 23.9 Å². The Kier molecular flexibility index (Phi) is 4.94. The van der Waals surface area contributed by atoms with Crippen molar-refractivity contribution in [3.63, 3.8) is 0 Å². The van der Waals surface area contributed by atoms with Gasteiger partial charge in [-0.1, -0.05) is 12.1 Å². The molecule has 0 saturated carbocycles. The number of benzene rings is 1. The number of esters is 1. The molecule has 1 aromatic rings. The summed E-state index contributed by atoms with van der Waals surface area (Å²) in [5.41, 5.74) is 2.74. The molecule has 1 fully saturated rings. The molecule has 0 spiro atoms. The van der Waals surface area contributed by atoms with Crippen molar-refractivity contribution in [1.82, 2.24) is 9.80 Å². The number of carbonyl (C=O) groups excluding carboxylic acids is 2. The maximum Gasteiger partial charge on any atom is 0.414 e. The van der Waals surface area contributed by atoms with Crippen molar-refractivity contribution in [2.24, 2.45) is 0 Å². The number of nitrogens with zero attached hydrogens (tertiary/aromatic N) is 2. The molecule has 3 rings (SSSR count). The zero-order chi connectivity index (χ0) is 18.0. The SMILES string of the molecule is CCOC(=O)CN(C)CC1=Cc2cccc(OC)c2C2COC(=O)N12. The lowest BCUT2D eigenvalue weighted by atomic mass is 9.94. The van der Waals surface area contributed by atoms with Gasteiger partial charge in [-0.2, -0.15) is 0 Å². The normalized spacial score (nSPS) is 18.4. The number of carbonyl (C=O) groups is 2. The minimum atomic E-state index is -0.377. The second kappa shape index (κ2) is 7.14. The molecule has 0 aromatic heterocycles. The van der Waals surface area contributed by atoms with Gasteiger partial charge in [0.25, 0.3) is 0 Å². The lowest BCUT2D eigenvalue weighted by molar-refractivity contribution is -0.144. The first-order valence-corrected chi connectivity index (χ1v) is 8.22. The number of amides is 1. The summed E-state index contributed by atoms with van der Waals surface area (Å²) in [6, 6.07) is 5.57. The molecule has 2 heterocycles. The minimum absolute atomic E-state index is 0.156. The van der Waals surface area contributed by atoms with E-state index in [1.807, 2.05) is 36.2 Å². The molecule has 1 saturated heterocycles. The number of likely N-dealkylation sites (N-methyl/N-ethyl adjacent to an activating group) is 1. The van der Waals surface area contributed by atoms with Gasteiger partial charge in [0.15, 0.2) is 0 Å². The third-order valence-electron chi connectivity index (χ3n) is 4.29. The summed E-state index contributed by atoms with van der Waals surface area (Å²) in [6.07, 6.45) is 1.57. The van der Waals surface area contributed by atoms with E-state index in [0.29, 0.717) is 13.2 Å². The van der Waals surface area contributed by atoms with Crippen LogP contribution in [-0.4, -0.2) is 62.3 Å². The third-order valence-corrected chi connectivity index (χ3v) is 4.29. The number of hydrogen-bond donors (Lipinski definition) is 0. The van der Waals surface area contributed by atoms with Crippen LogP contribution in [0, 0.1) is 0 Å². The van der Waals surface area contributed by atoms with Crippen LogP contribution in [0.1, 0.15) is 24.1 Å². The van der Waals surface area contributed by atoms with Crippen LogP contribution < -0.4 is 4.74 Å². The lowest BCUT2D eigenvalue weighted by Crippen LogP contribution is -2.37. The van der Waals surface area contributed by atoms with Crippen molar-refractivity contribution < 1.29 is 23.8 Å². The molecule has 7 heteroatoms. The van der Waals surface area contributed by atoms with E-state index < -0.39 is 0 Å². The maximum atomic E-state index is 12.2. The fourth-order valence-electron chi connectivity index (χ4n) is 3.30. The number of methoxy groups -OCH3 is 1. The average molecular weight is 346 g/mol. The molecule has 0 N–H and O–H groups in total. The van der Waals surface area contributed by atoms with Gasteiger partial charge in [-0.15, -0.1) is 0 Å². The van der Waals surface area contributed by atoms with E-state index in [2.05, 4.69) is 0 Å². The molecule has 1 unspecified atom stereocenters. The predicted octanol–water partition coefficient (Wildman–Crippen LogP) is 2.04. The van der Waals surface area contributed by atoms with Crippen LogP contribution in [0.5, 0.6) is 5.75 Å². The predicted molar refractivity (Wildman–Crippen MR) is 91.0 cm³/mol. The zero-order valence-electron chi connectivity index (χ0n) is 14.7. The van der Waals surface area contributed by atoms with Gasteiger partial charge in [-0.05, 0) is 31.7 Å². The molecule has 0 aliphatic carbocycles. The van der Waals surface area contributed by atoms with Gasteiger partial charge in [0, 0.05) is 17.8 Å². The van der Waals surface area contributed by atoms with Crippen LogP contribution in [-0.2, 0) is 14.3 Å². The molecule has 25 heavy (non-hydrogen) atoms. The molecule has 1 atom stereocenters. The largest absolute Gasteiger partial charge is 0.496 e. The fraction of sp³-hybridized carbons (Fsp3) is 0.444. The first-order valence-electron chi connectivity index (χ1n) is 8.22. The highest BCUT2D eigenvalue weighted by atomic mass is 16.6. The lowest BCUT2D eigenvalue weighted by Gasteiger charge is -2.32. The number of ether oxygens (including phenoxy) is 3. The number of hydrogen-bond acceptors (Lipinski definition) is 6. The van der Waals surface area contributed by atoms with Crippen molar-refractivity contribution in [2.75, 3.05) is 40.5 Å². The van der Waals surface area contributed by atoms with Gasteiger partial charge in [-0.3, -0.25) is 14.6 Å². The molecule has 2 aliphatic rings. The first kappa shape index (κ1) is 17.3. The summed E-state index contributed by atoms with van der Waals surface area (Å²) in [6.45, 7) is 3.00. The first-order chi connectivity index (χ1) is 12.0. The number of fused-ring (bicyclic) bond motifs is 3. The fourth-order valence-corrected chi connectivity index (χ4v) is 3.30. The van der Waals surface area contributed by atoms with E-state index in [0.717, 1.165) is 22.6 Å². The third kappa shape index (κ3) is 3.32. The van der Waals surface area contributed by atoms with E-state index in [1.54, 1.807) is 18.9 Å². The van der Waals surface area contributed by atoms with Gasteiger partial charge in [-0.25, -0.2) is 4.79 Å². The van der Waals surface area contributed by atoms with E-state index >= 15 is 0 Å². The van der Waals surface area contributed by atoms with Crippen LogP contribution >= 0.6 is 0 Å². The van der Waals surface area contributed by atoms with Crippen molar-refractivity contribution in [3.05, 3.63) is 35.0 Å². The summed E-state index contributed by atoms with van der Waals surface area (Å²) in [7, 11) is 3.43. The highest BCUT2D eigenvalue weighted by molar-refractivity contribution is 5.79. The summed E-state index contributed by atoms with van der Waals surface area (Å²) < 4.78 is 15.7. The van der Waals surface area contributed by atoms with Gasteiger partial charge in [0.1, 0.15) is 18.4 Å². The second-order valence-electron chi connectivity index (χ2n) is 6.04. The Bertz CT molecular complexity index is 715. The highest BCUT2D eigenvalue weighted by Crippen LogP contribution is 2.42. The monoisotopic (exact) mass is 346 g/mol. The molecule has 7 nitrogen and oxygen atoms in total. The van der Waals surface area contributed by atoms with Crippen molar-refractivity contribution >= 4 is 18.1 Å². The standard InChI is InChI=1S/C18H22N2O5/c1-4-24-16(21)10-19(2)9-13-8-12-6-5-7-15(23-3)17(12)14-11-25-18(22)20(13)14/h5-8,14H,4,9-11H2,1-3H3. The van der Waals surface area contributed by atoms with Crippen LogP contribution in [0.3, 0.4) is 0 Å². The Morgan fingerprint density at radius 2 is 2.24 bits per heavy atom. The van der Waals surface area contributed by atoms with Gasteiger partial charge in [0.2, 0.25) is 0 Å². The number of rotatable bonds is 6. The van der Waals surface area contributed by atoms with Gasteiger partial charge < -0.3 is 14.2 Å². The van der Waals surface area contributed by atoms with Crippen molar-refractivity contribution in [2.45, 2.75) is 13.0 Å². The second-order valence-corrected chi connectivity index (χ2v) is 6.04. The maximum absolute atomic E-state index is 12.2. The summed E-state index contributed by atoms with van der Waals surface area (Å²) in [5.74, 6) is 0.449. The van der Waals surface area contributed by atoms with E-state index in [1.165, 1.54) is 0 Å². The topological polar surface area (TPSA) is 68.3 Å². The highest BCUT2D eigenvalue weighted by Gasteiger charge is 2.41. The minimum Gasteiger partial charge on any atom is -0.496 e. The van der Waals surface area contributed by atoms with Crippen LogP contribution in [0.4, 0.5) is 4.79 Å². The zero-order valence-corrected chi connectivity index (χ0v) is 14.7. The number of cyclic esters (lactones) is 1. The van der Waals surface area contributed by atoms with Crippen molar-refractivity contribution in [3.8, 4) is 5.75 Å². The molecule has 134 valence electrons. The molecular weight excluding hydrogens is 324 g/mol. The van der Waals surface area contributed by atoms with Gasteiger partial charge >= 0.3 is 12.1 Å². The molecule has 1 amide bonds. The van der Waals surface area contributed by atoms with E-state index in [4.69, 9.17) is 14.2 Å². The van der Waals surface area contributed by atoms with Gasteiger partial charge in [0.05, 0.1) is 20.3 Å². The van der Waals surface area contributed by atoms with Crippen molar-refractivity contribution in [1.29, 1.82) is 0 Å². The van der Waals surface area contributed by atoms with Crippen LogP contribution in [0.2, 0.25) is 0 Å².